The lowest BCUT2D eigenvalue weighted by molar-refractivity contribution is -0.137. The number of amides is 1. The van der Waals surface area contributed by atoms with Gasteiger partial charge in [0.05, 0.1) is 10.5 Å². The van der Waals surface area contributed by atoms with Gasteiger partial charge in [0, 0.05) is 24.3 Å². The predicted molar refractivity (Wildman–Crippen MR) is 109 cm³/mol. The second-order valence-corrected chi connectivity index (χ2v) is 9.38. The number of aryl methyl sites for hydroxylation is 1. The lowest BCUT2D eigenvalue weighted by Gasteiger charge is -2.30. The maximum Gasteiger partial charge on any atom is 0.416 e. The zero-order valence-corrected chi connectivity index (χ0v) is 17.5. The van der Waals surface area contributed by atoms with Crippen LogP contribution in [0.3, 0.4) is 0 Å². The van der Waals surface area contributed by atoms with Gasteiger partial charge in [-0.1, -0.05) is 13.8 Å². The summed E-state index contributed by atoms with van der Waals surface area (Å²) in [6.45, 7) is 4.75. The average Bonchev–Trinajstić information content (AvgIpc) is 2.66. The molecule has 162 valence electrons. The average molecular weight is 440 g/mol. The summed E-state index contributed by atoms with van der Waals surface area (Å²) in [6.07, 6.45) is -2.83. The van der Waals surface area contributed by atoms with E-state index in [4.69, 9.17) is 0 Å². The molecule has 0 aliphatic carbocycles. The molecule has 0 bridgehead atoms. The van der Waals surface area contributed by atoms with E-state index >= 15 is 0 Å². The highest BCUT2D eigenvalue weighted by molar-refractivity contribution is 7.92. The first-order chi connectivity index (χ1) is 14.0. The van der Waals surface area contributed by atoms with Gasteiger partial charge in [-0.15, -0.1) is 0 Å². The Morgan fingerprint density at radius 1 is 1.07 bits per heavy atom. The van der Waals surface area contributed by atoms with Crippen molar-refractivity contribution in [3.8, 4) is 0 Å². The van der Waals surface area contributed by atoms with Gasteiger partial charge >= 0.3 is 6.18 Å². The molecule has 5 nitrogen and oxygen atoms in total. The standard InChI is InChI=1S/C21H23F3N2O3S/c1-14(2)11-12-26-19-9-6-17(13-15(19)3-10-20(26)27)25-30(28,29)18-7-4-16(5-8-18)21(22,23)24/h4-9,13-14,25H,3,10-12H2,1-2H3. The monoisotopic (exact) mass is 440 g/mol. The van der Waals surface area contributed by atoms with Gasteiger partial charge in [0.25, 0.3) is 10.0 Å². The van der Waals surface area contributed by atoms with Gasteiger partial charge in [-0.05, 0) is 66.8 Å². The lowest BCUT2D eigenvalue weighted by atomic mass is 9.99. The largest absolute Gasteiger partial charge is 0.416 e. The van der Waals surface area contributed by atoms with Crippen LogP contribution in [0.25, 0.3) is 0 Å². The molecule has 1 aliphatic rings. The fraction of sp³-hybridized carbons (Fsp3) is 0.381. The Hall–Kier alpha value is -2.55. The Labute approximate surface area is 173 Å². The summed E-state index contributed by atoms with van der Waals surface area (Å²) in [6, 6.07) is 8.26. The molecule has 2 aromatic carbocycles. The second kappa shape index (κ2) is 8.29. The van der Waals surface area contributed by atoms with Crippen molar-refractivity contribution < 1.29 is 26.4 Å². The van der Waals surface area contributed by atoms with E-state index in [9.17, 15) is 26.4 Å². The van der Waals surface area contributed by atoms with Crippen molar-refractivity contribution in [3.05, 3.63) is 53.6 Å². The van der Waals surface area contributed by atoms with Crippen LogP contribution in [0.5, 0.6) is 0 Å². The van der Waals surface area contributed by atoms with Gasteiger partial charge in [0.1, 0.15) is 0 Å². The first kappa shape index (κ1) is 22.1. The van der Waals surface area contributed by atoms with Crippen LogP contribution in [0.1, 0.15) is 37.8 Å². The van der Waals surface area contributed by atoms with Gasteiger partial charge < -0.3 is 4.90 Å². The molecule has 1 aliphatic heterocycles. The molecule has 3 rings (SSSR count). The summed E-state index contributed by atoms with van der Waals surface area (Å²) in [5.74, 6) is 0.485. The summed E-state index contributed by atoms with van der Waals surface area (Å²) in [5, 5.41) is 0. The molecular weight excluding hydrogens is 417 g/mol. The minimum atomic E-state index is -4.53. The normalized spacial score (nSPS) is 14.7. The molecule has 0 unspecified atom stereocenters. The molecule has 0 aromatic heterocycles. The van der Waals surface area contributed by atoms with Gasteiger partial charge in [-0.25, -0.2) is 8.42 Å². The van der Waals surface area contributed by atoms with Crippen molar-refractivity contribution in [1.82, 2.24) is 0 Å². The number of benzene rings is 2. The summed E-state index contributed by atoms with van der Waals surface area (Å²) in [5.41, 5.74) is 1.00. The number of rotatable bonds is 6. The number of carbonyl (C=O) groups excluding carboxylic acids is 1. The Morgan fingerprint density at radius 3 is 2.33 bits per heavy atom. The van der Waals surface area contributed by atoms with Gasteiger partial charge in [-0.3, -0.25) is 9.52 Å². The smallest absolute Gasteiger partial charge is 0.312 e. The number of nitrogens with one attached hydrogen (secondary N) is 1. The zero-order chi connectivity index (χ0) is 22.1. The van der Waals surface area contributed by atoms with Crippen LogP contribution in [0.4, 0.5) is 24.5 Å². The fourth-order valence-electron chi connectivity index (χ4n) is 3.29. The second-order valence-electron chi connectivity index (χ2n) is 7.70. The van der Waals surface area contributed by atoms with Crippen molar-refractivity contribution >= 4 is 27.3 Å². The summed E-state index contributed by atoms with van der Waals surface area (Å²) >= 11 is 0. The Kier molecular flexibility index (Phi) is 6.12. The number of halogens is 3. The third kappa shape index (κ3) is 4.95. The van der Waals surface area contributed by atoms with Gasteiger partial charge in [-0.2, -0.15) is 13.2 Å². The highest BCUT2D eigenvalue weighted by atomic mass is 32.2. The molecular formula is C21H23F3N2O3S. The van der Waals surface area contributed by atoms with Crippen molar-refractivity contribution in [2.45, 2.75) is 44.2 Å². The predicted octanol–water partition coefficient (Wildman–Crippen LogP) is 4.83. The highest BCUT2D eigenvalue weighted by Gasteiger charge is 2.31. The van der Waals surface area contributed by atoms with E-state index in [1.54, 1.807) is 23.1 Å². The molecule has 2 aromatic rings. The first-order valence-electron chi connectivity index (χ1n) is 9.61. The number of carbonyl (C=O) groups is 1. The third-order valence-corrected chi connectivity index (χ3v) is 6.35. The zero-order valence-electron chi connectivity index (χ0n) is 16.7. The number of hydrogen-bond donors (Lipinski definition) is 1. The molecule has 30 heavy (non-hydrogen) atoms. The van der Waals surface area contributed by atoms with E-state index in [0.29, 0.717) is 31.0 Å². The van der Waals surface area contributed by atoms with Crippen LogP contribution in [0.15, 0.2) is 47.4 Å². The van der Waals surface area contributed by atoms with E-state index in [1.807, 2.05) is 0 Å². The number of fused-ring (bicyclic) bond motifs is 1. The Balaban J connectivity index is 1.81. The minimum absolute atomic E-state index is 0.0428. The maximum absolute atomic E-state index is 12.7. The number of sulfonamides is 1. The van der Waals surface area contributed by atoms with Crippen LogP contribution in [0.2, 0.25) is 0 Å². The van der Waals surface area contributed by atoms with Gasteiger partial charge in [0.15, 0.2) is 0 Å². The molecule has 1 heterocycles. The van der Waals surface area contributed by atoms with Crippen molar-refractivity contribution in [3.63, 3.8) is 0 Å². The number of alkyl halides is 3. The van der Waals surface area contributed by atoms with Crippen LogP contribution in [-0.2, 0) is 27.4 Å². The number of nitrogens with zero attached hydrogens (tertiary/aromatic N) is 1. The van der Waals surface area contributed by atoms with Crippen molar-refractivity contribution in [2.24, 2.45) is 5.92 Å². The number of hydrogen-bond acceptors (Lipinski definition) is 3. The SMILES string of the molecule is CC(C)CCN1C(=O)CCc2cc(NS(=O)(=O)c3ccc(C(F)(F)F)cc3)ccc21. The third-order valence-electron chi connectivity index (χ3n) is 4.95. The van der Waals surface area contributed by atoms with E-state index < -0.39 is 21.8 Å². The maximum atomic E-state index is 12.7. The molecule has 9 heteroatoms. The fourth-order valence-corrected chi connectivity index (χ4v) is 4.34. The van der Waals surface area contributed by atoms with Crippen molar-refractivity contribution in [1.29, 1.82) is 0 Å². The summed E-state index contributed by atoms with van der Waals surface area (Å²) in [4.78, 5) is 13.8. The minimum Gasteiger partial charge on any atom is -0.312 e. The molecule has 0 radical (unpaired) electrons. The Bertz CT molecular complexity index is 1030. The van der Waals surface area contributed by atoms with Crippen LogP contribution in [0, 0.1) is 5.92 Å². The summed E-state index contributed by atoms with van der Waals surface area (Å²) < 4.78 is 65.6. The molecule has 1 N–H and O–H groups in total. The van der Waals surface area contributed by atoms with Crippen LogP contribution in [-0.4, -0.2) is 20.9 Å². The molecule has 0 spiro atoms. The van der Waals surface area contributed by atoms with Gasteiger partial charge in [0.2, 0.25) is 5.91 Å². The van der Waals surface area contributed by atoms with Crippen LogP contribution < -0.4 is 9.62 Å². The Morgan fingerprint density at radius 2 is 1.73 bits per heavy atom. The molecule has 0 atom stereocenters. The van der Waals surface area contributed by atoms with Crippen molar-refractivity contribution in [2.75, 3.05) is 16.2 Å². The quantitative estimate of drug-likeness (QED) is 0.700. The van der Waals surface area contributed by atoms with E-state index in [0.717, 1.165) is 41.9 Å². The topological polar surface area (TPSA) is 66.5 Å². The molecule has 1 amide bonds. The molecule has 0 saturated carbocycles. The number of anilines is 2. The molecule has 0 saturated heterocycles. The van der Waals surface area contributed by atoms with Crippen LogP contribution >= 0.6 is 0 Å². The first-order valence-corrected chi connectivity index (χ1v) is 11.1. The molecule has 0 fully saturated rings. The van der Waals surface area contributed by atoms with E-state index in [-0.39, 0.29) is 10.8 Å². The van der Waals surface area contributed by atoms with E-state index in [1.165, 1.54) is 0 Å². The lowest BCUT2D eigenvalue weighted by Crippen LogP contribution is -2.36. The van der Waals surface area contributed by atoms with E-state index in [2.05, 4.69) is 18.6 Å². The highest BCUT2D eigenvalue weighted by Crippen LogP contribution is 2.32. The summed E-state index contributed by atoms with van der Waals surface area (Å²) in [7, 11) is -4.05.